The van der Waals surface area contributed by atoms with E-state index < -0.39 is 11.9 Å². The van der Waals surface area contributed by atoms with Crippen molar-refractivity contribution in [1.82, 2.24) is 36.6 Å². The summed E-state index contributed by atoms with van der Waals surface area (Å²) in [4.78, 5) is 25.9. The van der Waals surface area contributed by atoms with Gasteiger partial charge in [0.05, 0.1) is 20.6 Å². The van der Waals surface area contributed by atoms with Gasteiger partial charge in [-0.05, 0) is 45.3 Å². The molecule has 12 heteroatoms. The number of H-pyrrole nitrogens is 1. The Kier molecular flexibility index (Phi) is 9.38. The van der Waals surface area contributed by atoms with Crippen LogP contribution in [-0.4, -0.2) is 58.7 Å². The van der Waals surface area contributed by atoms with Gasteiger partial charge in [-0.15, -0.1) is 5.10 Å². The van der Waals surface area contributed by atoms with Crippen LogP contribution in [0.2, 0.25) is 0 Å². The fourth-order valence-electron chi connectivity index (χ4n) is 4.05. The van der Waals surface area contributed by atoms with Crippen LogP contribution in [0.4, 0.5) is 0 Å². The van der Waals surface area contributed by atoms with Gasteiger partial charge in [0.15, 0.2) is 23.3 Å². The normalized spacial score (nSPS) is 11.2. The van der Waals surface area contributed by atoms with Gasteiger partial charge in [-0.25, -0.2) is 5.10 Å². The van der Waals surface area contributed by atoms with E-state index in [-0.39, 0.29) is 24.8 Å². The molecule has 12 nitrogen and oxygen atoms in total. The minimum Gasteiger partial charge on any atom is -0.493 e. The molecule has 3 aromatic carbocycles. The van der Waals surface area contributed by atoms with Gasteiger partial charge in [0.2, 0.25) is 11.8 Å². The lowest BCUT2D eigenvalue weighted by molar-refractivity contribution is -0.123. The molecule has 40 heavy (non-hydrogen) atoms. The van der Waals surface area contributed by atoms with Crippen LogP contribution in [0.25, 0.3) is 11.4 Å². The summed E-state index contributed by atoms with van der Waals surface area (Å²) in [5.41, 5.74) is 3.22. The van der Waals surface area contributed by atoms with Crippen LogP contribution in [0.3, 0.4) is 0 Å². The van der Waals surface area contributed by atoms with Gasteiger partial charge in [-0.2, -0.15) is 0 Å². The number of guanidine groups is 1. The summed E-state index contributed by atoms with van der Waals surface area (Å²) < 4.78 is 10.5. The first kappa shape index (κ1) is 27.8. The van der Waals surface area contributed by atoms with Gasteiger partial charge in [0.25, 0.3) is 0 Å². The number of aromatic nitrogens is 4. The van der Waals surface area contributed by atoms with Crippen LogP contribution >= 0.6 is 0 Å². The molecular weight excluding hydrogens is 512 g/mol. The first-order valence-corrected chi connectivity index (χ1v) is 12.5. The van der Waals surface area contributed by atoms with Crippen molar-refractivity contribution < 1.29 is 19.1 Å². The second kappa shape index (κ2) is 13.5. The predicted molar refractivity (Wildman–Crippen MR) is 148 cm³/mol. The second-order valence-corrected chi connectivity index (χ2v) is 8.84. The number of rotatable bonds is 11. The number of hydrogen-bond donors (Lipinski definition) is 5. The lowest BCUT2D eigenvalue weighted by Gasteiger charge is -2.20. The van der Waals surface area contributed by atoms with Crippen LogP contribution in [-0.2, 0) is 29.0 Å². The minimum atomic E-state index is -0.807. The Balaban J connectivity index is 1.38. The van der Waals surface area contributed by atoms with E-state index in [1.54, 1.807) is 18.2 Å². The first-order chi connectivity index (χ1) is 19.4. The van der Waals surface area contributed by atoms with Gasteiger partial charge in [0.1, 0.15) is 6.04 Å². The van der Waals surface area contributed by atoms with E-state index in [1.807, 2.05) is 54.6 Å². The SMILES string of the molecule is COc1ccc(CC(=O)NC(=N)N[C@H](Cc2ccccc2)C(=O)NCc2cccc(-c3nnn[nH]3)c2)cc1OC. The quantitative estimate of drug-likeness (QED) is 0.142. The van der Waals surface area contributed by atoms with Crippen molar-refractivity contribution in [3.8, 4) is 22.9 Å². The molecule has 5 N–H and O–H groups in total. The van der Waals surface area contributed by atoms with Crippen molar-refractivity contribution in [2.24, 2.45) is 0 Å². The first-order valence-electron chi connectivity index (χ1n) is 12.5. The van der Waals surface area contributed by atoms with E-state index >= 15 is 0 Å². The molecule has 0 aliphatic heterocycles. The highest BCUT2D eigenvalue weighted by atomic mass is 16.5. The highest BCUT2D eigenvalue weighted by Crippen LogP contribution is 2.27. The number of tetrazole rings is 1. The molecule has 0 spiro atoms. The maximum atomic E-state index is 13.2. The molecule has 4 rings (SSSR count). The Morgan fingerprint density at radius 1 is 0.925 bits per heavy atom. The summed E-state index contributed by atoms with van der Waals surface area (Å²) in [7, 11) is 3.05. The third kappa shape index (κ3) is 7.63. The molecule has 1 atom stereocenters. The van der Waals surface area contributed by atoms with Gasteiger partial charge < -0.3 is 20.1 Å². The Morgan fingerprint density at radius 2 is 1.70 bits per heavy atom. The fraction of sp³-hybridized carbons (Fsp3) is 0.214. The molecule has 1 aromatic heterocycles. The number of aromatic amines is 1. The molecule has 206 valence electrons. The number of carbonyl (C=O) groups is 2. The largest absolute Gasteiger partial charge is 0.493 e. The number of hydrogen-bond acceptors (Lipinski definition) is 8. The number of nitrogens with one attached hydrogen (secondary N) is 5. The predicted octanol–water partition coefficient (Wildman–Crippen LogP) is 1.99. The van der Waals surface area contributed by atoms with Crippen molar-refractivity contribution in [1.29, 1.82) is 5.41 Å². The zero-order valence-electron chi connectivity index (χ0n) is 22.1. The summed E-state index contributed by atoms with van der Waals surface area (Å²) in [6.45, 7) is 0.250. The van der Waals surface area contributed by atoms with Crippen molar-refractivity contribution in [3.05, 3.63) is 89.5 Å². The van der Waals surface area contributed by atoms with Gasteiger partial charge in [-0.1, -0.05) is 54.6 Å². The lowest BCUT2D eigenvalue weighted by atomic mass is 10.0. The Hall–Kier alpha value is -5.26. The number of carbonyl (C=O) groups excluding carboxylic acids is 2. The molecule has 1 heterocycles. The molecule has 0 aliphatic carbocycles. The summed E-state index contributed by atoms with van der Waals surface area (Å²) in [5.74, 6) is 0.563. The maximum Gasteiger partial charge on any atom is 0.243 e. The number of amides is 2. The average molecular weight is 543 g/mol. The third-order valence-electron chi connectivity index (χ3n) is 6.01. The molecule has 0 bridgehead atoms. The van der Waals surface area contributed by atoms with Crippen molar-refractivity contribution in [2.45, 2.75) is 25.4 Å². The molecule has 0 radical (unpaired) electrons. The van der Waals surface area contributed by atoms with Crippen LogP contribution in [0.15, 0.2) is 72.8 Å². The molecule has 0 saturated carbocycles. The molecule has 2 amide bonds. The lowest BCUT2D eigenvalue weighted by Crippen LogP contribution is -2.52. The fourth-order valence-corrected chi connectivity index (χ4v) is 4.05. The second-order valence-electron chi connectivity index (χ2n) is 8.84. The Morgan fingerprint density at radius 3 is 2.42 bits per heavy atom. The third-order valence-corrected chi connectivity index (χ3v) is 6.01. The topological polar surface area (TPSA) is 167 Å². The summed E-state index contributed by atoms with van der Waals surface area (Å²) in [6.07, 6.45) is 0.321. The molecule has 0 fully saturated rings. The highest BCUT2D eigenvalue weighted by molar-refractivity contribution is 5.98. The molecule has 0 saturated heterocycles. The van der Waals surface area contributed by atoms with Crippen molar-refractivity contribution in [2.75, 3.05) is 14.2 Å². The van der Waals surface area contributed by atoms with E-state index in [2.05, 4.69) is 36.6 Å². The summed E-state index contributed by atoms with van der Waals surface area (Å²) >= 11 is 0. The monoisotopic (exact) mass is 542 g/mol. The Labute approximate surface area is 231 Å². The number of ether oxygens (including phenoxy) is 2. The standard InChI is InChI=1S/C28H30N8O4/c1-39-23-12-11-19(15-24(23)40-2)16-25(37)32-28(29)31-22(14-18-7-4-3-5-8-18)27(38)30-17-20-9-6-10-21(13-20)26-33-35-36-34-26/h3-13,15,22H,14,16-17H2,1-2H3,(H,30,38)(H3,29,31,32,37)(H,33,34,35,36)/t22-/m1/s1. The number of benzene rings is 3. The molecule has 0 unspecified atom stereocenters. The van der Waals surface area contributed by atoms with E-state index in [0.29, 0.717) is 29.3 Å². The minimum absolute atomic E-state index is 0.0109. The highest BCUT2D eigenvalue weighted by Gasteiger charge is 2.21. The van der Waals surface area contributed by atoms with Crippen molar-refractivity contribution >= 4 is 17.8 Å². The summed E-state index contributed by atoms with van der Waals surface area (Å²) in [6, 6.07) is 21.3. The van der Waals surface area contributed by atoms with E-state index in [1.165, 1.54) is 14.2 Å². The summed E-state index contributed by atoms with van der Waals surface area (Å²) in [5, 5.41) is 30.4. The van der Waals surface area contributed by atoms with Crippen LogP contribution in [0.1, 0.15) is 16.7 Å². The number of nitrogens with zero attached hydrogens (tertiary/aromatic N) is 3. The van der Waals surface area contributed by atoms with Crippen LogP contribution in [0, 0.1) is 5.41 Å². The van der Waals surface area contributed by atoms with Gasteiger partial charge >= 0.3 is 0 Å². The van der Waals surface area contributed by atoms with E-state index in [0.717, 1.165) is 16.7 Å². The smallest absolute Gasteiger partial charge is 0.243 e. The number of methoxy groups -OCH3 is 2. The average Bonchev–Trinajstić information content (AvgIpc) is 3.51. The van der Waals surface area contributed by atoms with E-state index in [4.69, 9.17) is 14.9 Å². The zero-order valence-corrected chi connectivity index (χ0v) is 22.1. The maximum absolute atomic E-state index is 13.2. The Bertz CT molecular complexity index is 1440. The van der Waals surface area contributed by atoms with Crippen LogP contribution in [0.5, 0.6) is 11.5 Å². The molecule has 4 aromatic rings. The molecule has 0 aliphatic rings. The molecular formula is C28H30N8O4. The van der Waals surface area contributed by atoms with Crippen molar-refractivity contribution in [3.63, 3.8) is 0 Å². The van der Waals surface area contributed by atoms with Gasteiger partial charge in [-0.3, -0.25) is 20.3 Å². The van der Waals surface area contributed by atoms with Crippen LogP contribution < -0.4 is 25.4 Å². The zero-order chi connectivity index (χ0) is 28.3. The van der Waals surface area contributed by atoms with Gasteiger partial charge in [0, 0.05) is 18.5 Å². The van der Waals surface area contributed by atoms with E-state index in [9.17, 15) is 9.59 Å².